The molecule has 1 fully saturated rings. The first-order valence-electron chi connectivity index (χ1n) is 8.90. The Morgan fingerprint density at radius 3 is 2.63 bits per heavy atom. The van der Waals surface area contributed by atoms with E-state index in [0.29, 0.717) is 44.3 Å². The summed E-state index contributed by atoms with van der Waals surface area (Å²) in [6, 6.07) is 10.3. The summed E-state index contributed by atoms with van der Waals surface area (Å²) in [4.78, 5) is 31.0. The third-order valence-electron chi connectivity index (χ3n) is 4.13. The lowest BCUT2D eigenvalue weighted by atomic mass is 10.2. The topological polar surface area (TPSA) is 68.2 Å². The number of amides is 1. The molecule has 1 heterocycles. The number of thioether (sulfide) groups is 1. The fourth-order valence-corrected chi connectivity index (χ4v) is 4.58. The molecule has 9 heteroatoms. The van der Waals surface area contributed by atoms with E-state index in [-0.39, 0.29) is 11.9 Å². The number of likely N-dealkylation sites (N-methyl/N-ethyl adjacent to an activating group) is 1. The molecule has 0 atom stereocenters. The van der Waals surface area contributed by atoms with E-state index >= 15 is 0 Å². The SMILES string of the molecule is CCOC(=O)c1ccc(N=C2S/C(=C/c3cc(Br)cc(Cl)c3OC)C(=O)N2C)cc1. The summed E-state index contributed by atoms with van der Waals surface area (Å²) in [5.41, 5.74) is 1.75. The lowest BCUT2D eigenvalue weighted by Gasteiger charge is -2.08. The summed E-state index contributed by atoms with van der Waals surface area (Å²) in [5.74, 6) is -0.0745. The molecule has 0 radical (unpaired) electrons. The maximum atomic E-state index is 12.7. The molecule has 1 aliphatic rings. The van der Waals surface area contributed by atoms with Crippen LogP contribution in [0.4, 0.5) is 5.69 Å². The lowest BCUT2D eigenvalue weighted by Crippen LogP contribution is -2.23. The number of halogens is 2. The predicted molar refractivity (Wildman–Crippen MR) is 124 cm³/mol. The van der Waals surface area contributed by atoms with Crippen molar-refractivity contribution in [2.24, 2.45) is 4.99 Å². The van der Waals surface area contributed by atoms with E-state index in [9.17, 15) is 9.59 Å². The Hall–Kier alpha value is -2.29. The van der Waals surface area contributed by atoms with Crippen LogP contribution in [0.2, 0.25) is 5.02 Å². The van der Waals surface area contributed by atoms with Gasteiger partial charge < -0.3 is 9.47 Å². The van der Waals surface area contributed by atoms with Crippen molar-refractivity contribution >= 4 is 68.1 Å². The van der Waals surface area contributed by atoms with Crippen molar-refractivity contribution in [1.82, 2.24) is 4.90 Å². The van der Waals surface area contributed by atoms with E-state index < -0.39 is 0 Å². The molecule has 0 aromatic heterocycles. The molecular formula is C21H18BrClN2O4S. The van der Waals surface area contributed by atoms with Crippen LogP contribution in [0.1, 0.15) is 22.8 Å². The smallest absolute Gasteiger partial charge is 0.338 e. The average Bonchev–Trinajstić information content (AvgIpc) is 2.96. The Morgan fingerprint density at radius 2 is 2.00 bits per heavy atom. The number of aliphatic imine (C=N–C) groups is 1. The summed E-state index contributed by atoms with van der Waals surface area (Å²) in [6.07, 6.45) is 1.73. The fourth-order valence-electron chi connectivity index (χ4n) is 2.69. The van der Waals surface area contributed by atoms with Gasteiger partial charge in [0, 0.05) is 17.1 Å². The number of rotatable bonds is 5. The highest BCUT2D eigenvalue weighted by molar-refractivity contribution is 9.10. The van der Waals surface area contributed by atoms with Gasteiger partial charge in [0.2, 0.25) is 0 Å². The largest absolute Gasteiger partial charge is 0.495 e. The van der Waals surface area contributed by atoms with E-state index in [4.69, 9.17) is 21.1 Å². The molecule has 0 N–H and O–H groups in total. The highest BCUT2D eigenvalue weighted by Gasteiger charge is 2.30. The van der Waals surface area contributed by atoms with Gasteiger partial charge >= 0.3 is 5.97 Å². The zero-order valence-electron chi connectivity index (χ0n) is 16.4. The monoisotopic (exact) mass is 508 g/mol. The van der Waals surface area contributed by atoms with Crippen molar-refractivity contribution in [3.63, 3.8) is 0 Å². The molecule has 0 unspecified atom stereocenters. The number of carbonyl (C=O) groups is 2. The van der Waals surface area contributed by atoms with Crippen LogP contribution >= 0.6 is 39.3 Å². The molecule has 0 aliphatic carbocycles. The minimum Gasteiger partial charge on any atom is -0.495 e. The van der Waals surface area contributed by atoms with Crippen molar-refractivity contribution in [2.45, 2.75) is 6.92 Å². The normalized spacial score (nSPS) is 16.4. The first kappa shape index (κ1) is 22.4. The van der Waals surface area contributed by atoms with Gasteiger partial charge in [-0.05, 0) is 61.2 Å². The van der Waals surface area contributed by atoms with Crippen LogP contribution in [0.5, 0.6) is 5.75 Å². The summed E-state index contributed by atoms with van der Waals surface area (Å²) < 4.78 is 11.1. The standard InChI is InChI=1S/C21H18BrClN2O4S/c1-4-29-20(27)12-5-7-15(8-6-12)24-21-25(2)19(26)17(30-21)10-13-9-14(22)11-16(23)18(13)28-3/h5-11H,4H2,1-3H3/b17-10+,24-21?. The number of carbonyl (C=O) groups excluding carboxylic acids is 2. The number of nitrogens with zero attached hydrogens (tertiary/aromatic N) is 2. The van der Waals surface area contributed by atoms with Crippen LogP contribution in [0.3, 0.4) is 0 Å². The maximum absolute atomic E-state index is 12.7. The number of esters is 1. The number of hydrogen-bond acceptors (Lipinski definition) is 6. The zero-order chi connectivity index (χ0) is 21.8. The Labute approximate surface area is 192 Å². The molecule has 0 spiro atoms. The number of methoxy groups -OCH3 is 1. The molecule has 30 heavy (non-hydrogen) atoms. The second kappa shape index (κ2) is 9.68. The van der Waals surface area contributed by atoms with Gasteiger partial charge in [0.05, 0.1) is 34.9 Å². The molecule has 0 bridgehead atoms. The van der Waals surface area contributed by atoms with Gasteiger partial charge in [0.1, 0.15) is 5.75 Å². The van der Waals surface area contributed by atoms with Crippen LogP contribution in [0.25, 0.3) is 6.08 Å². The molecule has 3 rings (SSSR count). The quantitative estimate of drug-likeness (QED) is 0.392. The lowest BCUT2D eigenvalue weighted by molar-refractivity contribution is -0.121. The van der Waals surface area contributed by atoms with Gasteiger partial charge in [0.25, 0.3) is 5.91 Å². The number of hydrogen-bond donors (Lipinski definition) is 0. The van der Waals surface area contributed by atoms with Crippen LogP contribution in [0, 0.1) is 0 Å². The minimum absolute atomic E-state index is 0.181. The molecule has 1 saturated heterocycles. The minimum atomic E-state index is -0.383. The van der Waals surface area contributed by atoms with E-state index in [0.717, 1.165) is 4.47 Å². The molecule has 0 saturated carbocycles. The van der Waals surface area contributed by atoms with Crippen molar-refractivity contribution in [3.05, 3.63) is 61.9 Å². The molecule has 156 valence electrons. The molecule has 1 amide bonds. The Kier molecular flexibility index (Phi) is 7.23. The summed E-state index contributed by atoms with van der Waals surface area (Å²) >= 11 is 10.9. The Bertz CT molecular complexity index is 1050. The van der Waals surface area contributed by atoms with Gasteiger partial charge in [-0.2, -0.15) is 0 Å². The van der Waals surface area contributed by atoms with Crippen LogP contribution in [-0.4, -0.2) is 42.7 Å². The van der Waals surface area contributed by atoms with E-state index in [1.165, 1.54) is 23.8 Å². The van der Waals surface area contributed by atoms with Crippen LogP contribution in [-0.2, 0) is 9.53 Å². The highest BCUT2D eigenvalue weighted by atomic mass is 79.9. The summed E-state index contributed by atoms with van der Waals surface area (Å²) in [5, 5.41) is 0.966. The van der Waals surface area contributed by atoms with Gasteiger partial charge in [0.15, 0.2) is 5.17 Å². The first-order chi connectivity index (χ1) is 14.3. The fraction of sp³-hybridized carbons (Fsp3) is 0.190. The number of amidine groups is 1. The average molecular weight is 510 g/mol. The van der Waals surface area contributed by atoms with Crippen molar-refractivity contribution in [3.8, 4) is 5.75 Å². The third-order valence-corrected chi connectivity index (χ3v) is 5.93. The molecule has 6 nitrogen and oxygen atoms in total. The predicted octanol–water partition coefficient (Wildman–Crippen LogP) is 5.52. The Morgan fingerprint density at radius 1 is 1.30 bits per heavy atom. The molecule has 1 aliphatic heterocycles. The number of ether oxygens (including phenoxy) is 2. The number of benzene rings is 2. The van der Waals surface area contributed by atoms with Crippen LogP contribution < -0.4 is 4.74 Å². The van der Waals surface area contributed by atoms with Crippen molar-refractivity contribution < 1.29 is 19.1 Å². The van der Waals surface area contributed by atoms with E-state index in [1.54, 1.807) is 50.4 Å². The second-order valence-corrected chi connectivity index (χ2v) is 8.48. The molecule has 2 aromatic carbocycles. The maximum Gasteiger partial charge on any atom is 0.338 e. The molecular weight excluding hydrogens is 492 g/mol. The van der Waals surface area contributed by atoms with Crippen molar-refractivity contribution in [2.75, 3.05) is 20.8 Å². The van der Waals surface area contributed by atoms with Gasteiger partial charge in [-0.25, -0.2) is 9.79 Å². The van der Waals surface area contributed by atoms with Gasteiger partial charge in [-0.1, -0.05) is 27.5 Å². The zero-order valence-corrected chi connectivity index (χ0v) is 19.6. The van der Waals surface area contributed by atoms with Crippen LogP contribution in [0.15, 0.2) is 50.8 Å². The summed E-state index contributed by atoms with van der Waals surface area (Å²) in [7, 11) is 3.19. The van der Waals surface area contributed by atoms with E-state index in [1.807, 2.05) is 6.07 Å². The molecule has 2 aromatic rings. The third kappa shape index (κ3) is 4.88. The highest BCUT2D eigenvalue weighted by Crippen LogP contribution is 2.38. The van der Waals surface area contributed by atoms with E-state index in [2.05, 4.69) is 20.9 Å². The second-order valence-electron chi connectivity index (χ2n) is 6.15. The Balaban J connectivity index is 1.88. The summed E-state index contributed by atoms with van der Waals surface area (Å²) in [6.45, 7) is 2.07. The first-order valence-corrected chi connectivity index (χ1v) is 10.9. The van der Waals surface area contributed by atoms with Crippen molar-refractivity contribution in [1.29, 1.82) is 0 Å². The van der Waals surface area contributed by atoms with Gasteiger partial charge in [-0.3, -0.25) is 9.69 Å². The van der Waals surface area contributed by atoms with Gasteiger partial charge in [-0.15, -0.1) is 0 Å².